The molecule has 0 radical (unpaired) electrons. The van der Waals surface area contributed by atoms with Crippen molar-refractivity contribution in [3.63, 3.8) is 0 Å². The van der Waals surface area contributed by atoms with E-state index in [1.807, 2.05) is 6.08 Å². The molecule has 3 heteroatoms. The van der Waals surface area contributed by atoms with E-state index in [9.17, 15) is 0 Å². The SMILES string of the molecule is CCCCCCCCCCC=COCC(O)CO. The highest BCUT2D eigenvalue weighted by Gasteiger charge is 1.98. The molecule has 0 bridgehead atoms. The van der Waals surface area contributed by atoms with E-state index < -0.39 is 6.10 Å². The van der Waals surface area contributed by atoms with Crippen LogP contribution in [0.1, 0.15) is 64.7 Å². The summed E-state index contributed by atoms with van der Waals surface area (Å²) in [5, 5.41) is 17.6. The molecule has 0 aromatic rings. The smallest absolute Gasteiger partial charge is 0.115 e. The summed E-state index contributed by atoms with van der Waals surface area (Å²) in [5.41, 5.74) is 0. The Kier molecular flexibility index (Phi) is 14.1. The molecule has 0 rings (SSSR count). The Morgan fingerprint density at radius 2 is 1.61 bits per heavy atom. The number of hydrogen-bond acceptors (Lipinski definition) is 3. The average Bonchev–Trinajstić information content (AvgIpc) is 2.39. The van der Waals surface area contributed by atoms with Gasteiger partial charge in [0, 0.05) is 0 Å². The molecule has 0 aromatic carbocycles. The Bertz CT molecular complexity index is 181. The normalized spacial score (nSPS) is 13.1. The summed E-state index contributed by atoms with van der Waals surface area (Å²) in [6, 6.07) is 0. The van der Waals surface area contributed by atoms with Gasteiger partial charge in [-0.05, 0) is 18.9 Å². The van der Waals surface area contributed by atoms with E-state index in [4.69, 9.17) is 14.9 Å². The maximum Gasteiger partial charge on any atom is 0.115 e. The molecule has 0 saturated heterocycles. The van der Waals surface area contributed by atoms with Gasteiger partial charge in [-0.15, -0.1) is 0 Å². The third kappa shape index (κ3) is 13.5. The van der Waals surface area contributed by atoms with Gasteiger partial charge in [-0.1, -0.05) is 51.9 Å². The summed E-state index contributed by atoms with van der Waals surface area (Å²) in [4.78, 5) is 0. The number of aliphatic hydroxyl groups excluding tert-OH is 2. The van der Waals surface area contributed by atoms with Gasteiger partial charge in [-0.3, -0.25) is 0 Å². The number of allylic oxidation sites excluding steroid dienone is 1. The first kappa shape index (κ1) is 17.5. The molecule has 1 unspecified atom stereocenters. The summed E-state index contributed by atoms with van der Waals surface area (Å²) in [6.45, 7) is 2.17. The van der Waals surface area contributed by atoms with Crippen molar-refractivity contribution >= 4 is 0 Å². The lowest BCUT2D eigenvalue weighted by molar-refractivity contribution is 0.0383. The summed E-state index contributed by atoms with van der Waals surface area (Å²) >= 11 is 0. The second-order valence-corrected chi connectivity index (χ2v) is 4.81. The quantitative estimate of drug-likeness (QED) is 0.393. The van der Waals surface area contributed by atoms with E-state index in [1.165, 1.54) is 51.4 Å². The van der Waals surface area contributed by atoms with Crippen LogP contribution in [0.15, 0.2) is 12.3 Å². The molecule has 0 spiro atoms. The molecule has 0 aliphatic rings. The third-order valence-corrected chi connectivity index (χ3v) is 2.92. The predicted molar refractivity (Wildman–Crippen MR) is 75.4 cm³/mol. The van der Waals surface area contributed by atoms with Gasteiger partial charge in [-0.25, -0.2) is 0 Å². The second-order valence-electron chi connectivity index (χ2n) is 4.81. The second kappa shape index (κ2) is 14.5. The Morgan fingerprint density at radius 3 is 2.22 bits per heavy atom. The summed E-state index contributed by atoms with van der Waals surface area (Å²) < 4.78 is 5.07. The van der Waals surface area contributed by atoms with E-state index >= 15 is 0 Å². The number of rotatable bonds is 13. The highest BCUT2D eigenvalue weighted by Crippen LogP contribution is 2.09. The number of hydrogen-bond donors (Lipinski definition) is 2. The van der Waals surface area contributed by atoms with Gasteiger partial charge in [0.2, 0.25) is 0 Å². The molecule has 0 heterocycles. The van der Waals surface area contributed by atoms with Crippen LogP contribution in [0.2, 0.25) is 0 Å². The molecule has 18 heavy (non-hydrogen) atoms. The lowest BCUT2D eigenvalue weighted by atomic mass is 10.1. The van der Waals surface area contributed by atoms with Crippen molar-refractivity contribution < 1.29 is 14.9 Å². The zero-order valence-corrected chi connectivity index (χ0v) is 11.8. The van der Waals surface area contributed by atoms with Crippen molar-refractivity contribution in [2.24, 2.45) is 0 Å². The van der Waals surface area contributed by atoms with Gasteiger partial charge in [0.15, 0.2) is 0 Å². The molecule has 0 aliphatic carbocycles. The lowest BCUT2D eigenvalue weighted by Gasteiger charge is -2.05. The molecule has 0 saturated carbocycles. The lowest BCUT2D eigenvalue weighted by Crippen LogP contribution is -2.17. The zero-order valence-electron chi connectivity index (χ0n) is 11.8. The molecule has 2 N–H and O–H groups in total. The molecule has 1 atom stereocenters. The molecular formula is C15H30O3. The van der Waals surface area contributed by atoms with Crippen LogP contribution < -0.4 is 0 Å². The van der Waals surface area contributed by atoms with Crippen LogP contribution in [-0.4, -0.2) is 29.5 Å². The van der Waals surface area contributed by atoms with Crippen LogP contribution in [-0.2, 0) is 4.74 Å². The topological polar surface area (TPSA) is 49.7 Å². The number of ether oxygens (including phenoxy) is 1. The van der Waals surface area contributed by atoms with Crippen LogP contribution in [0.5, 0.6) is 0 Å². The Balaban J connectivity index is 3.08. The van der Waals surface area contributed by atoms with Crippen molar-refractivity contribution in [3.8, 4) is 0 Å². The average molecular weight is 258 g/mol. The fourth-order valence-electron chi connectivity index (χ4n) is 1.75. The van der Waals surface area contributed by atoms with Crippen molar-refractivity contribution in [2.75, 3.05) is 13.2 Å². The molecule has 0 amide bonds. The highest BCUT2D eigenvalue weighted by molar-refractivity contribution is 4.73. The largest absolute Gasteiger partial charge is 0.499 e. The molecule has 3 nitrogen and oxygen atoms in total. The van der Waals surface area contributed by atoms with Gasteiger partial charge < -0.3 is 14.9 Å². The molecule has 0 aromatic heterocycles. The van der Waals surface area contributed by atoms with Crippen molar-refractivity contribution in [3.05, 3.63) is 12.3 Å². The molecule has 108 valence electrons. The summed E-state index contributed by atoms with van der Waals surface area (Å²) in [6.07, 6.45) is 14.5. The first-order valence-electron chi connectivity index (χ1n) is 7.36. The summed E-state index contributed by atoms with van der Waals surface area (Å²) in [7, 11) is 0. The van der Waals surface area contributed by atoms with Crippen LogP contribution in [0, 0.1) is 0 Å². The maximum atomic E-state index is 9.01. The minimum atomic E-state index is -0.766. The molecule has 0 aliphatic heterocycles. The van der Waals surface area contributed by atoms with Crippen molar-refractivity contribution in [1.29, 1.82) is 0 Å². The van der Waals surface area contributed by atoms with Gasteiger partial charge in [0.25, 0.3) is 0 Å². The van der Waals surface area contributed by atoms with Gasteiger partial charge in [-0.2, -0.15) is 0 Å². The van der Waals surface area contributed by atoms with Crippen LogP contribution in [0.4, 0.5) is 0 Å². The number of unbranched alkanes of at least 4 members (excludes halogenated alkanes) is 8. The van der Waals surface area contributed by atoms with Crippen LogP contribution >= 0.6 is 0 Å². The van der Waals surface area contributed by atoms with E-state index in [1.54, 1.807) is 6.26 Å². The van der Waals surface area contributed by atoms with E-state index in [0.717, 1.165) is 6.42 Å². The first-order valence-corrected chi connectivity index (χ1v) is 7.36. The minimum Gasteiger partial charge on any atom is -0.499 e. The van der Waals surface area contributed by atoms with Crippen molar-refractivity contribution in [1.82, 2.24) is 0 Å². The van der Waals surface area contributed by atoms with Gasteiger partial charge >= 0.3 is 0 Å². The maximum absolute atomic E-state index is 9.01. The van der Waals surface area contributed by atoms with Crippen LogP contribution in [0.3, 0.4) is 0 Å². The summed E-state index contributed by atoms with van der Waals surface area (Å²) in [5.74, 6) is 0. The van der Waals surface area contributed by atoms with E-state index in [-0.39, 0.29) is 13.2 Å². The Hall–Kier alpha value is -0.540. The molecule has 0 fully saturated rings. The monoisotopic (exact) mass is 258 g/mol. The minimum absolute atomic E-state index is 0.171. The van der Waals surface area contributed by atoms with Gasteiger partial charge in [0.05, 0.1) is 12.9 Å². The Labute approximate surface area is 112 Å². The first-order chi connectivity index (χ1) is 8.81. The van der Waals surface area contributed by atoms with Crippen LogP contribution in [0.25, 0.3) is 0 Å². The predicted octanol–water partition coefficient (Wildman–Crippen LogP) is 3.40. The van der Waals surface area contributed by atoms with E-state index in [2.05, 4.69) is 6.92 Å². The fourth-order valence-corrected chi connectivity index (χ4v) is 1.75. The third-order valence-electron chi connectivity index (χ3n) is 2.92. The molecular weight excluding hydrogens is 228 g/mol. The highest BCUT2D eigenvalue weighted by atomic mass is 16.5. The Morgan fingerprint density at radius 1 is 1.00 bits per heavy atom. The van der Waals surface area contributed by atoms with Crippen molar-refractivity contribution in [2.45, 2.75) is 70.8 Å². The zero-order chi connectivity index (χ0) is 13.5. The van der Waals surface area contributed by atoms with Gasteiger partial charge in [0.1, 0.15) is 12.7 Å². The number of aliphatic hydroxyl groups is 2. The standard InChI is InChI=1S/C15H30O3/c1-2-3-4-5-6-7-8-9-10-11-12-18-14-15(17)13-16/h11-12,15-17H,2-10,13-14H2,1H3. The fraction of sp³-hybridized carbons (Fsp3) is 0.867. The van der Waals surface area contributed by atoms with E-state index in [0.29, 0.717) is 0 Å².